The summed E-state index contributed by atoms with van der Waals surface area (Å²) in [5, 5.41) is 1.18. The molecule has 14 heavy (non-hydrogen) atoms. The summed E-state index contributed by atoms with van der Waals surface area (Å²) in [4.78, 5) is 2.57. The first-order chi connectivity index (χ1) is 6.86. The van der Waals surface area contributed by atoms with Crippen molar-refractivity contribution in [2.45, 2.75) is 26.2 Å². The van der Waals surface area contributed by atoms with Crippen molar-refractivity contribution in [2.24, 2.45) is 5.92 Å². The zero-order valence-electron chi connectivity index (χ0n) is 9.17. The third kappa shape index (κ3) is 4.76. The number of ether oxygens (including phenoxy) is 1. The average Bonchev–Trinajstić information content (AvgIpc) is 2.25. The molecule has 0 radical (unpaired) electrons. The molecule has 0 aromatic carbocycles. The van der Waals surface area contributed by atoms with Gasteiger partial charge in [-0.05, 0) is 45.2 Å². The van der Waals surface area contributed by atoms with Crippen LogP contribution in [-0.4, -0.2) is 43.1 Å². The number of hydrogen-bond acceptors (Lipinski definition) is 2. The lowest BCUT2D eigenvalue weighted by molar-refractivity contribution is 0.122. The van der Waals surface area contributed by atoms with Crippen molar-refractivity contribution in [2.75, 3.05) is 38.2 Å². The van der Waals surface area contributed by atoms with Crippen molar-refractivity contribution < 1.29 is 4.74 Å². The van der Waals surface area contributed by atoms with Crippen molar-refractivity contribution in [3.8, 4) is 0 Å². The molecule has 0 aromatic rings. The predicted molar refractivity (Wildman–Crippen MR) is 64.1 cm³/mol. The van der Waals surface area contributed by atoms with Crippen LogP contribution >= 0.6 is 15.9 Å². The zero-order chi connectivity index (χ0) is 10.2. The van der Waals surface area contributed by atoms with Gasteiger partial charge in [0.2, 0.25) is 0 Å². The second kappa shape index (κ2) is 7.66. The number of piperidine rings is 1. The molecule has 1 fully saturated rings. The Kier molecular flexibility index (Phi) is 6.82. The number of hydrogen-bond donors (Lipinski definition) is 0. The summed E-state index contributed by atoms with van der Waals surface area (Å²) in [5.74, 6) is 0.915. The highest BCUT2D eigenvalue weighted by atomic mass is 79.9. The maximum Gasteiger partial charge on any atom is 0.0478 e. The molecule has 1 aliphatic rings. The van der Waals surface area contributed by atoms with E-state index in [1.54, 1.807) is 0 Å². The molecule has 0 unspecified atom stereocenters. The second-order valence-corrected chi connectivity index (χ2v) is 4.64. The first kappa shape index (κ1) is 12.5. The molecule has 0 amide bonds. The van der Waals surface area contributed by atoms with Crippen LogP contribution in [0.15, 0.2) is 0 Å². The Hall–Kier alpha value is 0.400. The lowest BCUT2D eigenvalue weighted by Crippen LogP contribution is -2.35. The molecule has 1 aliphatic heterocycles. The van der Waals surface area contributed by atoms with Crippen molar-refractivity contribution in [3.63, 3.8) is 0 Å². The molecule has 0 saturated carbocycles. The lowest BCUT2D eigenvalue weighted by atomic mass is 9.99. The van der Waals surface area contributed by atoms with Gasteiger partial charge in [0, 0.05) is 25.1 Å². The Bertz CT molecular complexity index is 135. The van der Waals surface area contributed by atoms with Gasteiger partial charge in [-0.25, -0.2) is 0 Å². The van der Waals surface area contributed by atoms with Crippen LogP contribution in [0.5, 0.6) is 0 Å². The minimum Gasteiger partial charge on any atom is -0.382 e. The van der Waals surface area contributed by atoms with E-state index in [1.807, 2.05) is 0 Å². The largest absolute Gasteiger partial charge is 0.382 e. The Morgan fingerprint density at radius 3 is 2.64 bits per heavy atom. The van der Waals surface area contributed by atoms with Crippen LogP contribution < -0.4 is 0 Å². The monoisotopic (exact) mass is 263 g/mol. The molecular formula is C11H22BrNO. The first-order valence-electron chi connectivity index (χ1n) is 5.73. The highest BCUT2D eigenvalue weighted by molar-refractivity contribution is 9.09. The van der Waals surface area contributed by atoms with Gasteiger partial charge >= 0.3 is 0 Å². The summed E-state index contributed by atoms with van der Waals surface area (Å²) >= 11 is 3.57. The van der Waals surface area contributed by atoms with Crippen LogP contribution in [0.1, 0.15) is 26.2 Å². The van der Waals surface area contributed by atoms with Gasteiger partial charge in [0.15, 0.2) is 0 Å². The molecule has 0 bridgehead atoms. The zero-order valence-corrected chi connectivity index (χ0v) is 10.8. The van der Waals surface area contributed by atoms with E-state index in [0.29, 0.717) is 0 Å². The molecule has 0 aromatic heterocycles. The molecule has 3 heteroatoms. The minimum atomic E-state index is 0.853. The van der Waals surface area contributed by atoms with Crippen LogP contribution in [0.3, 0.4) is 0 Å². The molecule has 2 nitrogen and oxygen atoms in total. The first-order valence-corrected chi connectivity index (χ1v) is 6.85. The molecule has 84 valence electrons. The van der Waals surface area contributed by atoms with Gasteiger partial charge in [0.05, 0.1) is 0 Å². The van der Waals surface area contributed by atoms with Crippen molar-refractivity contribution >= 4 is 15.9 Å². The van der Waals surface area contributed by atoms with Gasteiger partial charge in [-0.3, -0.25) is 0 Å². The predicted octanol–water partition coefficient (Wildman–Crippen LogP) is 2.52. The third-order valence-electron chi connectivity index (χ3n) is 2.89. The van der Waals surface area contributed by atoms with Crippen LogP contribution in [0.2, 0.25) is 0 Å². The summed E-state index contributed by atoms with van der Waals surface area (Å²) in [5.41, 5.74) is 0. The molecule has 1 heterocycles. The maximum absolute atomic E-state index is 5.33. The second-order valence-electron chi connectivity index (χ2n) is 3.99. The molecule has 1 rings (SSSR count). The third-order valence-corrected chi connectivity index (χ3v) is 3.81. The summed E-state index contributed by atoms with van der Waals surface area (Å²) in [6.45, 7) is 7.61. The number of rotatable bonds is 6. The van der Waals surface area contributed by atoms with E-state index in [4.69, 9.17) is 4.74 Å². The normalized spacial score (nSPS) is 20.1. The quantitative estimate of drug-likeness (QED) is 0.540. The number of likely N-dealkylation sites (tertiary alicyclic amines) is 1. The molecule has 0 N–H and O–H groups in total. The van der Waals surface area contributed by atoms with Crippen LogP contribution in [-0.2, 0) is 4.74 Å². The van der Waals surface area contributed by atoms with E-state index < -0.39 is 0 Å². The average molecular weight is 264 g/mol. The van der Waals surface area contributed by atoms with Gasteiger partial charge in [0.25, 0.3) is 0 Å². The number of alkyl halides is 1. The molecule has 0 aliphatic carbocycles. The standard InChI is InChI=1S/C11H22BrNO/c1-2-14-9-3-6-13-7-4-11(10-12)5-8-13/h11H,2-10H2,1H3. The summed E-state index contributed by atoms with van der Waals surface area (Å²) in [7, 11) is 0. The van der Waals surface area contributed by atoms with Gasteiger partial charge in [-0.15, -0.1) is 0 Å². The van der Waals surface area contributed by atoms with E-state index in [2.05, 4.69) is 27.8 Å². The number of nitrogens with zero attached hydrogens (tertiary/aromatic N) is 1. The topological polar surface area (TPSA) is 12.5 Å². The maximum atomic E-state index is 5.33. The smallest absolute Gasteiger partial charge is 0.0478 e. The Morgan fingerprint density at radius 1 is 1.36 bits per heavy atom. The highest BCUT2D eigenvalue weighted by Gasteiger charge is 2.17. The van der Waals surface area contributed by atoms with E-state index in [0.717, 1.165) is 19.1 Å². The van der Waals surface area contributed by atoms with Crippen LogP contribution in [0.4, 0.5) is 0 Å². The molecule has 0 spiro atoms. The van der Waals surface area contributed by atoms with E-state index >= 15 is 0 Å². The molecular weight excluding hydrogens is 242 g/mol. The summed E-state index contributed by atoms with van der Waals surface area (Å²) in [6.07, 6.45) is 3.91. The molecule has 0 atom stereocenters. The Labute approximate surface area is 96.1 Å². The van der Waals surface area contributed by atoms with Gasteiger partial charge in [-0.1, -0.05) is 15.9 Å². The summed E-state index contributed by atoms with van der Waals surface area (Å²) < 4.78 is 5.33. The van der Waals surface area contributed by atoms with E-state index in [1.165, 1.54) is 44.2 Å². The number of halogens is 1. The Morgan fingerprint density at radius 2 is 2.07 bits per heavy atom. The van der Waals surface area contributed by atoms with Gasteiger partial charge in [-0.2, -0.15) is 0 Å². The minimum absolute atomic E-state index is 0.853. The lowest BCUT2D eigenvalue weighted by Gasteiger charge is -2.30. The fraction of sp³-hybridized carbons (Fsp3) is 1.00. The van der Waals surface area contributed by atoms with Crippen molar-refractivity contribution in [1.29, 1.82) is 0 Å². The van der Waals surface area contributed by atoms with Crippen molar-refractivity contribution in [1.82, 2.24) is 4.90 Å². The summed E-state index contributed by atoms with van der Waals surface area (Å²) in [6, 6.07) is 0. The fourth-order valence-electron chi connectivity index (χ4n) is 1.90. The SMILES string of the molecule is CCOCCCN1CCC(CBr)CC1. The van der Waals surface area contributed by atoms with Gasteiger partial charge in [0.1, 0.15) is 0 Å². The van der Waals surface area contributed by atoms with E-state index in [9.17, 15) is 0 Å². The molecule has 1 saturated heterocycles. The van der Waals surface area contributed by atoms with Gasteiger partial charge < -0.3 is 9.64 Å². The van der Waals surface area contributed by atoms with Crippen LogP contribution in [0.25, 0.3) is 0 Å². The fourth-order valence-corrected chi connectivity index (χ4v) is 2.55. The van der Waals surface area contributed by atoms with Crippen molar-refractivity contribution in [3.05, 3.63) is 0 Å². The van der Waals surface area contributed by atoms with E-state index in [-0.39, 0.29) is 0 Å². The van der Waals surface area contributed by atoms with Crippen LogP contribution in [0, 0.1) is 5.92 Å². The Balaban J connectivity index is 1.98. The highest BCUT2D eigenvalue weighted by Crippen LogP contribution is 2.18.